The number of benzene rings is 2. The Morgan fingerprint density at radius 3 is 2.73 bits per heavy atom. The van der Waals surface area contributed by atoms with E-state index in [0.717, 1.165) is 16.0 Å². The lowest BCUT2D eigenvalue weighted by Crippen LogP contribution is -2.40. The van der Waals surface area contributed by atoms with E-state index in [9.17, 15) is 13.2 Å². The van der Waals surface area contributed by atoms with Gasteiger partial charge in [0.25, 0.3) is 5.91 Å². The maximum atomic E-state index is 13.3. The van der Waals surface area contributed by atoms with E-state index in [1.165, 1.54) is 34.9 Å². The molecule has 0 bridgehead atoms. The minimum Gasteiger partial charge on any atom is -0.497 e. The van der Waals surface area contributed by atoms with E-state index in [0.29, 0.717) is 35.0 Å². The highest BCUT2D eigenvalue weighted by Crippen LogP contribution is 2.28. The molecule has 1 amide bonds. The Morgan fingerprint density at radius 2 is 2.03 bits per heavy atom. The number of carbonyl (C=O) groups is 1. The predicted octanol–water partition coefficient (Wildman–Crippen LogP) is 4.01. The van der Waals surface area contributed by atoms with Crippen molar-refractivity contribution in [2.45, 2.75) is 30.3 Å². The third-order valence-electron chi connectivity index (χ3n) is 5.52. The zero-order valence-corrected chi connectivity index (χ0v) is 21.4. The number of thiazole rings is 1. The van der Waals surface area contributed by atoms with Crippen LogP contribution in [-0.2, 0) is 21.4 Å². The van der Waals surface area contributed by atoms with Crippen molar-refractivity contribution < 1.29 is 17.9 Å². The number of carbonyl (C=O) groups excluding carboxylic acids is 1. The Hall–Kier alpha value is -1.85. The van der Waals surface area contributed by atoms with Gasteiger partial charge >= 0.3 is 0 Å². The van der Waals surface area contributed by atoms with Crippen LogP contribution in [0.15, 0.2) is 52.4 Å². The van der Waals surface area contributed by atoms with Gasteiger partial charge in [-0.1, -0.05) is 22.9 Å². The Balaban J connectivity index is 1.69. The molecule has 0 saturated carbocycles. The third kappa shape index (κ3) is 5.00. The Kier molecular flexibility index (Phi) is 7.49. The first-order chi connectivity index (χ1) is 15.8. The van der Waals surface area contributed by atoms with Crippen molar-refractivity contribution in [3.8, 4) is 5.75 Å². The number of aryl methyl sites for hydroxylation is 1. The molecule has 0 spiro atoms. The summed E-state index contributed by atoms with van der Waals surface area (Å²) in [5.41, 5.74) is 0.958. The van der Waals surface area contributed by atoms with Gasteiger partial charge in [0.15, 0.2) is 4.80 Å². The van der Waals surface area contributed by atoms with Crippen LogP contribution in [0.25, 0.3) is 10.2 Å². The van der Waals surface area contributed by atoms with E-state index >= 15 is 0 Å². The zero-order valence-electron chi connectivity index (χ0n) is 18.2. The molecule has 1 saturated heterocycles. The minimum atomic E-state index is -3.83. The van der Waals surface area contributed by atoms with Gasteiger partial charge in [0.1, 0.15) is 11.8 Å². The first-order valence-corrected chi connectivity index (χ1v) is 14.4. The molecule has 1 fully saturated rings. The predicted molar refractivity (Wildman–Crippen MR) is 134 cm³/mol. The lowest BCUT2D eigenvalue weighted by Gasteiger charge is -2.21. The molecule has 4 rings (SSSR count). The number of methoxy groups -OCH3 is 1. The summed E-state index contributed by atoms with van der Waals surface area (Å²) in [5, 5.41) is 0.617. The van der Waals surface area contributed by atoms with Crippen LogP contribution in [0.3, 0.4) is 0 Å². The fourth-order valence-corrected chi connectivity index (χ4v) is 7.21. The number of sulfonamides is 1. The summed E-state index contributed by atoms with van der Waals surface area (Å²) in [6.07, 6.45) is 3.07. The molecule has 3 aromatic rings. The van der Waals surface area contributed by atoms with Crippen LogP contribution in [0.1, 0.15) is 12.8 Å². The molecule has 33 heavy (non-hydrogen) atoms. The molecule has 1 unspecified atom stereocenters. The number of aromatic nitrogens is 1. The van der Waals surface area contributed by atoms with Crippen molar-refractivity contribution in [3.05, 3.63) is 52.3 Å². The van der Waals surface area contributed by atoms with Crippen LogP contribution in [0.4, 0.5) is 0 Å². The van der Waals surface area contributed by atoms with Crippen molar-refractivity contribution in [1.29, 1.82) is 0 Å². The maximum Gasteiger partial charge on any atom is 0.266 e. The summed E-state index contributed by atoms with van der Waals surface area (Å²) in [7, 11) is -2.31. The molecular weight excluding hydrogens is 502 g/mol. The molecule has 2 heterocycles. The minimum absolute atomic E-state index is 0.134. The average Bonchev–Trinajstić information content (AvgIpc) is 3.43. The van der Waals surface area contributed by atoms with Gasteiger partial charge in [-0.15, -0.1) is 0 Å². The van der Waals surface area contributed by atoms with Gasteiger partial charge in [-0.2, -0.15) is 21.1 Å². The van der Waals surface area contributed by atoms with Crippen molar-refractivity contribution in [1.82, 2.24) is 8.87 Å². The highest BCUT2D eigenvalue weighted by molar-refractivity contribution is 7.98. The maximum absolute atomic E-state index is 13.3. The number of halogens is 1. The van der Waals surface area contributed by atoms with Gasteiger partial charge in [0, 0.05) is 23.9 Å². The summed E-state index contributed by atoms with van der Waals surface area (Å²) < 4.78 is 35.8. The van der Waals surface area contributed by atoms with Crippen LogP contribution in [0, 0.1) is 0 Å². The fourth-order valence-electron chi connectivity index (χ4n) is 3.86. The molecule has 2 aromatic carbocycles. The molecule has 1 atom stereocenters. The van der Waals surface area contributed by atoms with E-state index in [2.05, 4.69) is 4.99 Å². The lowest BCUT2D eigenvalue weighted by molar-refractivity contribution is -0.121. The smallest absolute Gasteiger partial charge is 0.266 e. The number of amides is 1. The van der Waals surface area contributed by atoms with Gasteiger partial charge < -0.3 is 9.30 Å². The van der Waals surface area contributed by atoms with Crippen molar-refractivity contribution in [2.75, 3.05) is 25.7 Å². The van der Waals surface area contributed by atoms with Gasteiger partial charge in [0.2, 0.25) is 10.0 Å². The number of fused-ring (bicyclic) bond motifs is 1. The standard InChI is InChI=1S/C22H24ClN3O4S3/c1-30-16-6-8-17(9-7-16)33(28,29)26-11-3-4-19(26)21(27)24-22-25(12-13-31-2)18-10-5-15(23)14-20(18)32-22/h5-10,14,19H,3-4,11-13H2,1-2H3. The van der Waals surface area contributed by atoms with Gasteiger partial charge in [-0.25, -0.2) is 8.42 Å². The largest absolute Gasteiger partial charge is 0.497 e. The second-order valence-corrected chi connectivity index (χ2v) is 11.9. The zero-order chi connectivity index (χ0) is 23.6. The highest BCUT2D eigenvalue weighted by atomic mass is 35.5. The number of hydrogen-bond donors (Lipinski definition) is 0. The van der Waals surface area contributed by atoms with Crippen molar-refractivity contribution >= 4 is 60.8 Å². The van der Waals surface area contributed by atoms with Gasteiger partial charge in [-0.3, -0.25) is 4.79 Å². The van der Waals surface area contributed by atoms with E-state index < -0.39 is 22.0 Å². The molecular formula is C22H24ClN3O4S3. The van der Waals surface area contributed by atoms with Crippen LogP contribution < -0.4 is 9.54 Å². The quantitative estimate of drug-likeness (QED) is 0.465. The number of hydrogen-bond acceptors (Lipinski definition) is 6. The summed E-state index contributed by atoms with van der Waals surface area (Å²) in [6.45, 7) is 0.974. The number of thioether (sulfide) groups is 1. The number of ether oxygens (including phenoxy) is 1. The van der Waals surface area contributed by atoms with Crippen LogP contribution in [0.5, 0.6) is 5.75 Å². The van der Waals surface area contributed by atoms with E-state index in [1.807, 2.05) is 29.0 Å². The normalized spacial score (nSPS) is 17.7. The first kappa shape index (κ1) is 24.3. The SMILES string of the molecule is COc1ccc(S(=O)(=O)N2CCCC2C(=O)N=c2sc3cc(Cl)ccc3n2CCSC)cc1. The molecule has 7 nitrogen and oxygen atoms in total. The Bertz CT molecular complexity index is 1330. The summed E-state index contributed by atoms with van der Waals surface area (Å²) >= 11 is 9.24. The van der Waals surface area contributed by atoms with Crippen molar-refractivity contribution in [3.63, 3.8) is 0 Å². The van der Waals surface area contributed by atoms with Crippen LogP contribution >= 0.6 is 34.7 Å². The number of rotatable bonds is 7. The van der Waals surface area contributed by atoms with Crippen LogP contribution in [0.2, 0.25) is 5.02 Å². The van der Waals surface area contributed by atoms with Gasteiger partial charge in [-0.05, 0) is 61.6 Å². The molecule has 0 radical (unpaired) electrons. The monoisotopic (exact) mass is 525 g/mol. The first-order valence-electron chi connectivity index (χ1n) is 10.4. The lowest BCUT2D eigenvalue weighted by atomic mass is 10.2. The molecule has 0 aliphatic carbocycles. The van der Waals surface area contributed by atoms with Crippen molar-refractivity contribution in [2.24, 2.45) is 4.99 Å². The van der Waals surface area contributed by atoms with Crippen LogP contribution in [-0.4, -0.2) is 54.9 Å². The molecule has 176 valence electrons. The van der Waals surface area contributed by atoms with E-state index in [-0.39, 0.29) is 11.4 Å². The average molecular weight is 526 g/mol. The third-order valence-corrected chi connectivity index (χ3v) is 9.31. The molecule has 1 aliphatic rings. The van der Waals surface area contributed by atoms with E-state index in [1.54, 1.807) is 23.9 Å². The molecule has 11 heteroatoms. The fraction of sp³-hybridized carbons (Fsp3) is 0.364. The topological polar surface area (TPSA) is 81.0 Å². The second-order valence-electron chi connectivity index (χ2n) is 7.54. The summed E-state index contributed by atoms with van der Waals surface area (Å²) in [5.74, 6) is 0.981. The van der Waals surface area contributed by atoms with E-state index in [4.69, 9.17) is 16.3 Å². The van der Waals surface area contributed by atoms with Gasteiger partial charge in [0.05, 0.1) is 22.2 Å². The Labute approximate surface area is 206 Å². The molecule has 1 aromatic heterocycles. The highest BCUT2D eigenvalue weighted by Gasteiger charge is 2.39. The molecule has 1 aliphatic heterocycles. The number of nitrogens with zero attached hydrogens (tertiary/aromatic N) is 3. The summed E-state index contributed by atoms with van der Waals surface area (Å²) in [6, 6.07) is 11.0. The Morgan fingerprint density at radius 1 is 1.27 bits per heavy atom. The second kappa shape index (κ2) is 10.2. The molecule has 0 N–H and O–H groups in total. The summed E-state index contributed by atoms with van der Waals surface area (Å²) in [4.78, 5) is 18.3.